The highest BCUT2D eigenvalue weighted by Crippen LogP contribution is 2.33. The Morgan fingerprint density at radius 2 is 1.81 bits per heavy atom. The summed E-state index contributed by atoms with van der Waals surface area (Å²) in [4.78, 5) is 72.9. The molecule has 4 aliphatic heterocycles. The van der Waals surface area contributed by atoms with Crippen LogP contribution in [0, 0.1) is 5.82 Å². The average Bonchev–Trinajstić information content (AvgIpc) is 3.83. The van der Waals surface area contributed by atoms with Crippen molar-refractivity contribution in [1.29, 1.82) is 0 Å². The molecule has 1 unspecified atom stereocenters. The molecule has 1 atom stereocenters. The van der Waals surface area contributed by atoms with Crippen LogP contribution in [-0.4, -0.2) is 109 Å². The molecule has 5 amide bonds. The molecule has 3 saturated heterocycles. The van der Waals surface area contributed by atoms with E-state index in [1.807, 2.05) is 9.80 Å². The van der Waals surface area contributed by atoms with Crippen LogP contribution >= 0.6 is 0 Å². The molecule has 0 aliphatic carbocycles. The van der Waals surface area contributed by atoms with Crippen LogP contribution in [0.2, 0.25) is 0 Å². The minimum absolute atomic E-state index is 0.0432. The predicted octanol–water partition coefficient (Wildman–Crippen LogP) is 2.33. The molecule has 2 N–H and O–H groups in total. The Morgan fingerprint density at radius 3 is 2.55 bits per heavy atom. The van der Waals surface area contributed by atoms with Crippen LogP contribution in [-0.2, 0) is 20.9 Å². The second kappa shape index (κ2) is 13.7. The van der Waals surface area contributed by atoms with Gasteiger partial charge in [-0.2, -0.15) is 10.2 Å². The third-order valence-electron chi connectivity index (χ3n) is 10.0. The standard InChI is InChI=1S/C34H33F3N10O6/c35-22-14-18(13-20-27(22)34(52)47(33(20)51)24-1-2-26(48)41-32(24)50)16-43-6-3-19(4-7-43)46-17-23(28(42-46)29(36)37)39-31(49)21-15-38-45-8-5-25(40-30(21)45)44-9-11-53-12-10-44/h5,8,13-15,17,19,24,29H,1-4,6-7,9-12,16H2,(H,39,49)(H,41,48,50). The van der Waals surface area contributed by atoms with Crippen LogP contribution in [0.15, 0.2) is 36.8 Å². The quantitative estimate of drug-likeness (QED) is 0.254. The van der Waals surface area contributed by atoms with Crippen LogP contribution in [0.4, 0.5) is 24.7 Å². The zero-order valence-electron chi connectivity index (χ0n) is 28.1. The summed E-state index contributed by atoms with van der Waals surface area (Å²) in [5.41, 5.74) is -0.431. The molecule has 16 nitrogen and oxygen atoms in total. The number of hydrogen-bond donors (Lipinski definition) is 2. The molecule has 3 aromatic heterocycles. The van der Waals surface area contributed by atoms with E-state index in [4.69, 9.17) is 4.74 Å². The molecule has 53 heavy (non-hydrogen) atoms. The summed E-state index contributed by atoms with van der Waals surface area (Å²) < 4.78 is 51.9. The molecule has 0 spiro atoms. The van der Waals surface area contributed by atoms with Crippen molar-refractivity contribution in [3.63, 3.8) is 0 Å². The van der Waals surface area contributed by atoms with E-state index in [0.717, 1.165) is 4.90 Å². The predicted molar refractivity (Wildman–Crippen MR) is 178 cm³/mol. The van der Waals surface area contributed by atoms with Crippen molar-refractivity contribution < 1.29 is 41.9 Å². The van der Waals surface area contributed by atoms with Crippen LogP contribution in [0.25, 0.3) is 5.65 Å². The smallest absolute Gasteiger partial charge is 0.284 e. The summed E-state index contributed by atoms with van der Waals surface area (Å²) in [7, 11) is 0. The molecule has 1 aromatic carbocycles. The zero-order chi connectivity index (χ0) is 37.0. The van der Waals surface area contributed by atoms with Gasteiger partial charge in [-0.05, 0) is 43.0 Å². The first-order chi connectivity index (χ1) is 25.5. The number of alkyl halides is 2. The number of carbonyl (C=O) groups excluding carboxylic acids is 5. The number of carbonyl (C=O) groups is 5. The van der Waals surface area contributed by atoms with Crippen molar-refractivity contribution in [1.82, 2.24) is 39.5 Å². The molecule has 4 aromatic rings. The number of piperidine rings is 2. The van der Waals surface area contributed by atoms with E-state index in [1.54, 1.807) is 12.3 Å². The Balaban J connectivity index is 0.929. The molecule has 19 heteroatoms. The highest BCUT2D eigenvalue weighted by atomic mass is 19.3. The molecular formula is C34H33F3N10O6. The highest BCUT2D eigenvalue weighted by Gasteiger charge is 2.46. The van der Waals surface area contributed by atoms with E-state index in [9.17, 15) is 32.8 Å². The third kappa shape index (κ3) is 6.39. The number of aromatic nitrogens is 5. The lowest BCUT2D eigenvalue weighted by Gasteiger charge is -2.32. The molecule has 4 aliphatic rings. The van der Waals surface area contributed by atoms with Crippen LogP contribution in [0.5, 0.6) is 0 Å². The first-order valence-corrected chi connectivity index (χ1v) is 17.2. The second-order valence-corrected chi connectivity index (χ2v) is 13.3. The van der Waals surface area contributed by atoms with Gasteiger partial charge in [0.25, 0.3) is 24.1 Å². The first kappa shape index (κ1) is 34.4. The van der Waals surface area contributed by atoms with Gasteiger partial charge < -0.3 is 15.0 Å². The van der Waals surface area contributed by atoms with Gasteiger partial charge in [0.2, 0.25) is 11.8 Å². The number of nitrogens with zero attached hydrogens (tertiary/aromatic N) is 8. The number of benzene rings is 1. The number of imide groups is 2. The van der Waals surface area contributed by atoms with Crippen molar-refractivity contribution in [2.24, 2.45) is 0 Å². The second-order valence-electron chi connectivity index (χ2n) is 13.3. The van der Waals surface area contributed by atoms with Gasteiger partial charge in [0.05, 0.1) is 42.3 Å². The summed E-state index contributed by atoms with van der Waals surface area (Å²) in [6.07, 6.45) is 2.33. The fourth-order valence-electron chi connectivity index (χ4n) is 7.32. The van der Waals surface area contributed by atoms with Crippen molar-refractivity contribution in [2.45, 2.75) is 50.7 Å². The number of hydrogen-bond acceptors (Lipinski definition) is 11. The summed E-state index contributed by atoms with van der Waals surface area (Å²) in [6.45, 7) is 3.56. The van der Waals surface area contributed by atoms with Gasteiger partial charge >= 0.3 is 0 Å². The molecule has 3 fully saturated rings. The summed E-state index contributed by atoms with van der Waals surface area (Å²) >= 11 is 0. The van der Waals surface area contributed by atoms with E-state index >= 15 is 4.39 Å². The number of ether oxygens (including phenoxy) is 1. The molecule has 7 heterocycles. The van der Waals surface area contributed by atoms with Crippen molar-refractivity contribution in [3.8, 4) is 0 Å². The van der Waals surface area contributed by atoms with Gasteiger partial charge in [-0.3, -0.25) is 43.8 Å². The maximum Gasteiger partial charge on any atom is 0.284 e. The number of morpholine rings is 1. The van der Waals surface area contributed by atoms with Gasteiger partial charge in [-0.15, -0.1) is 0 Å². The fraction of sp³-hybridized carbons (Fsp3) is 0.412. The van der Waals surface area contributed by atoms with Crippen LogP contribution < -0.4 is 15.5 Å². The van der Waals surface area contributed by atoms with E-state index in [-0.39, 0.29) is 47.9 Å². The average molecular weight is 735 g/mol. The molecule has 0 radical (unpaired) electrons. The SMILES string of the molecule is O=C1CCC(N2C(=O)c3cc(CN4CCC(n5cc(NC(=O)c6cnn7ccc(N8CCOCC8)nc67)c(C(F)F)n5)CC4)cc(F)c3C2=O)C(=O)N1. The van der Waals surface area contributed by atoms with Gasteiger partial charge in [-0.25, -0.2) is 22.7 Å². The minimum atomic E-state index is -2.96. The van der Waals surface area contributed by atoms with E-state index in [0.29, 0.717) is 63.6 Å². The van der Waals surface area contributed by atoms with Crippen molar-refractivity contribution in [2.75, 3.05) is 49.6 Å². The molecule has 0 saturated carbocycles. The van der Waals surface area contributed by atoms with Gasteiger partial charge in [0.15, 0.2) is 11.3 Å². The Bertz CT molecular complexity index is 2160. The largest absolute Gasteiger partial charge is 0.378 e. The lowest BCUT2D eigenvalue weighted by molar-refractivity contribution is -0.136. The number of nitrogens with one attached hydrogen (secondary N) is 2. The zero-order valence-corrected chi connectivity index (χ0v) is 28.1. The normalized spacial score (nSPS) is 20.1. The van der Waals surface area contributed by atoms with Crippen LogP contribution in [0.1, 0.15) is 80.5 Å². The number of halogens is 3. The molecular weight excluding hydrogens is 701 g/mol. The third-order valence-corrected chi connectivity index (χ3v) is 10.0. The van der Waals surface area contributed by atoms with Crippen molar-refractivity contribution >= 4 is 46.7 Å². The first-order valence-electron chi connectivity index (χ1n) is 17.2. The highest BCUT2D eigenvalue weighted by molar-refractivity contribution is 6.23. The lowest BCUT2D eigenvalue weighted by Crippen LogP contribution is -2.54. The molecule has 8 rings (SSSR count). The summed E-state index contributed by atoms with van der Waals surface area (Å²) in [6, 6.07) is 2.92. The Hall–Kier alpha value is -5.69. The molecule has 0 bridgehead atoms. The van der Waals surface area contributed by atoms with Gasteiger partial charge in [0.1, 0.15) is 23.2 Å². The number of anilines is 2. The monoisotopic (exact) mass is 734 g/mol. The Labute approximate surface area is 298 Å². The van der Waals surface area contributed by atoms with Crippen LogP contribution in [0.3, 0.4) is 0 Å². The summed E-state index contributed by atoms with van der Waals surface area (Å²) in [5.74, 6) is -3.92. The molecule has 276 valence electrons. The Morgan fingerprint density at radius 1 is 1.04 bits per heavy atom. The lowest BCUT2D eigenvalue weighted by atomic mass is 10.0. The number of likely N-dealkylation sites (tertiary alicyclic amines) is 1. The number of fused-ring (bicyclic) bond motifs is 2. The van der Waals surface area contributed by atoms with Gasteiger partial charge in [0, 0.05) is 51.5 Å². The number of rotatable bonds is 8. The topological polar surface area (TPSA) is 176 Å². The maximum absolute atomic E-state index is 15.3. The Kier molecular flexibility index (Phi) is 8.89. The maximum atomic E-state index is 15.3. The van der Waals surface area contributed by atoms with Gasteiger partial charge in [-0.1, -0.05) is 0 Å². The summed E-state index contributed by atoms with van der Waals surface area (Å²) in [5, 5.41) is 13.0. The van der Waals surface area contributed by atoms with Crippen molar-refractivity contribution in [3.05, 3.63) is 70.6 Å². The van der Waals surface area contributed by atoms with E-state index < -0.39 is 59.1 Å². The number of amides is 5. The van der Waals surface area contributed by atoms with E-state index in [1.165, 1.54) is 33.7 Å². The minimum Gasteiger partial charge on any atom is -0.378 e. The van der Waals surface area contributed by atoms with E-state index in [2.05, 4.69) is 25.8 Å². The fourth-order valence-corrected chi connectivity index (χ4v) is 7.32.